The number of rotatable bonds is 6. The molecule has 5 aromatic rings. The quantitative estimate of drug-likeness (QED) is 0.322. The monoisotopic (exact) mass is 402 g/mol. The Kier molecular flexibility index (Phi) is 5.16. The number of ketones is 1. The van der Waals surface area contributed by atoms with Crippen molar-refractivity contribution in [2.45, 2.75) is 12.5 Å². The van der Waals surface area contributed by atoms with Gasteiger partial charge in [0.2, 0.25) is 0 Å². The van der Waals surface area contributed by atoms with Gasteiger partial charge in [0.05, 0.1) is 23.5 Å². The normalized spacial score (nSPS) is 11.1. The molecule has 3 nitrogen and oxygen atoms in total. The summed E-state index contributed by atoms with van der Waals surface area (Å²) in [6.07, 6.45) is 0. The van der Waals surface area contributed by atoms with Crippen LogP contribution in [0.3, 0.4) is 0 Å². The smallest absolute Gasteiger partial charge is 0.182 e. The van der Waals surface area contributed by atoms with E-state index in [-0.39, 0.29) is 18.2 Å². The predicted molar refractivity (Wildman–Crippen MR) is 124 cm³/mol. The van der Waals surface area contributed by atoms with E-state index in [1.54, 1.807) is 0 Å². The lowest BCUT2D eigenvalue weighted by Crippen LogP contribution is -2.17. The molecule has 0 saturated heterocycles. The molecule has 0 aliphatic carbocycles. The van der Waals surface area contributed by atoms with E-state index in [9.17, 15) is 4.79 Å². The molecule has 150 valence electrons. The first kappa shape index (κ1) is 19.0. The summed E-state index contributed by atoms with van der Waals surface area (Å²) in [6.45, 7) is 0.246. The highest BCUT2D eigenvalue weighted by Crippen LogP contribution is 2.33. The van der Waals surface area contributed by atoms with Crippen LogP contribution in [0.25, 0.3) is 11.0 Å². The number of Topliss-reactive ketones (excluding diaryl/α,β-unsaturated/α-hetero) is 1. The van der Waals surface area contributed by atoms with Gasteiger partial charge in [0.15, 0.2) is 5.78 Å². The fourth-order valence-electron chi connectivity index (χ4n) is 4.12. The van der Waals surface area contributed by atoms with Crippen LogP contribution in [0.1, 0.15) is 33.2 Å². The molecule has 0 aliphatic rings. The zero-order valence-corrected chi connectivity index (χ0v) is 17.1. The Balaban J connectivity index is 1.69. The van der Waals surface area contributed by atoms with E-state index in [1.165, 1.54) is 0 Å². The number of carbonyl (C=O) groups is 1. The zero-order valence-electron chi connectivity index (χ0n) is 17.1. The van der Waals surface area contributed by atoms with Gasteiger partial charge in [0.1, 0.15) is 5.82 Å². The van der Waals surface area contributed by atoms with Gasteiger partial charge in [-0.1, -0.05) is 103 Å². The van der Waals surface area contributed by atoms with Crippen molar-refractivity contribution in [3.63, 3.8) is 0 Å². The van der Waals surface area contributed by atoms with Gasteiger partial charge in [0.25, 0.3) is 0 Å². The highest BCUT2D eigenvalue weighted by atomic mass is 16.1. The van der Waals surface area contributed by atoms with Crippen molar-refractivity contribution in [1.82, 2.24) is 9.55 Å². The number of imidazole rings is 1. The molecule has 3 heteroatoms. The molecule has 31 heavy (non-hydrogen) atoms. The van der Waals surface area contributed by atoms with Crippen LogP contribution in [-0.4, -0.2) is 15.3 Å². The summed E-state index contributed by atoms with van der Waals surface area (Å²) in [5.74, 6) is 0.881. The van der Waals surface area contributed by atoms with Crippen LogP contribution in [0, 0.1) is 0 Å². The molecule has 0 N–H and O–H groups in total. The van der Waals surface area contributed by atoms with Crippen molar-refractivity contribution in [3.05, 3.63) is 138 Å². The fraction of sp³-hybridized carbons (Fsp3) is 0.0714. The maximum atomic E-state index is 13.2. The van der Waals surface area contributed by atoms with E-state index in [0.29, 0.717) is 5.56 Å². The van der Waals surface area contributed by atoms with E-state index < -0.39 is 0 Å². The Hall–Kier alpha value is -3.98. The maximum absolute atomic E-state index is 13.2. The number of carbonyl (C=O) groups excluding carboxylic acids is 1. The average Bonchev–Trinajstić information content (AvgIpc) is 3.19. The van der Waals surface area contributed by atoms with Crippen LogP contribution in [0.15, 0.2) is 115 Å². The van der Waals surface area contributed by atoms with Crippen molar-refractivity contribution < 1.29 is 4.79 Å². The molecule has 0 radical (unpaired) electrons. The summed E-state index contributed by atoms with van der Waals surface area (Å²) in [7, 11) is 0. The molecule has 0 fully saturated rings. The van der Waals surface area contributed by atoms with Crippen LogP contribution in [-0.2, 0) is 6.54 Å². The maximum Gasteiger partial charge on any atom is 0.182 e. The second-order valence-corrected chi connectivity index (χ2v) is 7.59. The summed E-state index contributed by atoms with van der Waals surface area (Å²) < 4.78 is 2.08. The SMILES string of the molecule is O=C(Cn1c(C(c2ccccc2)c2ccccc2)nc2ccccc21)c1ccccc1. The first-order valence-corrected chi connectivity index (χ1v) is 10.4. The molecule has 4 aromatic carbocycles. The van der Waals surface area contributed by atoms with Crippen LogP contribution >= 0.6 is 0 Å². The second kappa shape index (κ2) is 8.41. The van der Waals surface area contributed by atoms with Crippen molar-refractivity contribution >= 4 is 16.8 Å². The summed E-state index contributed by atoms with van der Waals surface area (Å²) in [4.78, 5) is 18.2. The molecular weight excluding hydrogens is 380 g/mol. The summed E-state index contributed by atoms with van der Waals surface area (Å²) in [6, 6.07) is 38.2. The number of benzene rings is 4. The van der Waals surface area contributed by atoms with Crippen molar-refractivity contribution in [1.29, 1.82) is 0 Å². The lowest BCUT2D eigenvalue weighted by atomic mass is 9.90. The molecule has 0 unspecified atom stereocenters. The van der Waals surface area contributed by atoms with Crippen LogP contribution in [0.2, 0.25) is 0 Å². The lowest BCUT2D eigenvalue weighted by Gasteiger charge is -2.20. The molecule has 1 heterocycles. The largest absolute Gasteiger partial charge is 0.319 e. The Labute approximate surface area is 181 Å². The first-order valence-electron chi connectivity index (χ1n) is 10.4. The van der Waals surface area contributed by atoms with Gasteiger partial charge in [-0.2, -0.15) is 0 Å². The summed E-state index contributed by atoms with van der Waals surface area (Å²) in [5.41, 5.74) is 4.88. The van der Waals surface area contributed by atoms with Crippen LogP contribution < -0.4 is 0 Å². The Morgan fingerprint density at radius 2 is 1.19 bits per heavy atom. The van der Waals surface area contributed by atoms with Gasteiger partial charge >= 0.3 is 0 Å². The summed E-state index contributed by atoms with van der Waals surface area (Å²) in [5, 5.41) is 0. The highest BCUT2D eigenvalue weighted by molar-refractivity contribution is 5.96. The lowest BCUT2D eigenvalue weighted by molar-refractivity contribution is 0.0972. The number of aromatic nitrogens is 2. The van der Waals surface area contributed by atoms with E-state index in [2.05, 4.69) is 28.8 Å². The van der Waals surface area contributed by atoms with Crippen molar-refractivity contribution in [3.8, 4) is 0 Å². The number of hydrogen-bond acceptors (Lipinski definition) is 2. The average molecular weight is 402 g/mol. The van der Waals surface area contributed by atoms with E-state index >= 15 is 0 Å². The number of para-hydroxylation sites is 2. The zero-order chi connectivity index (χ0) is 21.0. The minimum Gasteiger partial charge on any atom is -0.319 e. The van der Waals surface area contributed by atoms with Crippen molar-refractivity contribution in [2.75, 3.05) is 0 Å². The van der Waals surface area contributed by atoms with E-state index in [0.717, 1.165) is 28.0 Å². The highest BCUT2D eigenvalue weighted by Gasteiger charge is 2.25. The Morgan fingerprint density at radius 1 is 0.677 bits per heavy atom. The van der Waals surface area contributed by atoms with E-state index in [1.807, 2.05) is 91.0 Å². The number of fused-ring (bicyclic) bond motifs is 1. The molecule has 0 saturated carbocycles. The van der Waals surface area contributed by atoms with Crippen molar-refractivity contribution in [2.24, 2.45) is 0 Å². The molecular formula is C28H22N2O. The fourth-order valence-corrected chi connectivity index (χ4v) is 4.12. The third kappa shape index (κ3) is 3.78. The van der Waals surface area contributed by atoms with Gasteiger partial charge in [-0.25, -0.2) is 4.98 Å². The minimum absolute atomic E-state index is 0.0710. The molecule has 0 amide bonds. The molecule has 5 rings (SSSR count). The van der Waals surface area contributed by atoms with Gasteiger partial charge in [0, 0.05) is 5.56 Å². The number of nitrogens with zero attached hydrogens (tertiary/aromatic N) is 2. The van der Waals surface area contributed by atoms with Gasteiger partial charge < -0.3 is 4.57 Å². The molecule has 1 aromatic heterocycles. The second-order valence-electron chi connectivity index (χ2n) is 7.59. The third-order valence-corrected chi connectivity index (χ3v) is 5.61. The standard InChI is InChI=1S/C28H22N2O/c31-26(21-12-4-1-5-13-21)20-30-25-19-11-10-18-24(25)29-28(30)27(22-14-6-2-7-15-22)23-16-8-3-9-17-23/h1-19,27H,20H2. The minimum atomic E-state index is -0.0710. The third-order valence-electron chi connectivity index (χ3n) is 5.61. The molecule has 0 atom stereocenters. The van der Waals surface area contributed by atoms with Gasteiger partial charge in [-0.15, -0.1) is 0 Å². The topological polar surface area (TPSA) is 34.9 Å². The predicted octanol–water partition coefficient (Wildman–Crippen LogP) is 6.10. The molecule has 0 aliphatic heterocycles. The summed E-state index contributed by atoms with van der Waals surface area (Å²) >= 11 is 0. The van der Waals surface area contributed by atoms with Gasteiger partial charge in [-0.05, 0) is 23.3 Å². The van der Waals surface area contributed by atoms with Crippen LogP contribution in [0.5, 0.6) is 0 Å². The Bertz CT molecular complexity index is 1270. The molecule has 0 bridgehead atoms. The molecule has 0 spiro atoms. The number of hydrogen-bond donors (Lipinski definition) is 0. The van der Waals surface area contributed by atoms with Crippen LogP contribution in [0.4, 0.5) is 0 Å². The Morgan fingerprint density at radius 3 is 1.81 bits per heavy atom. The first-order chi connectivity index (χ1) is 15.3. The van der Waals surface area contributed by atoms with Gasteiger partial charge in [-0.3, -0.25) is 4.79 Å². The van der Waals surface area contributed by atoms with E-state index in [4.69, 9.17) is 4.98 Å².